The first-order chi connectivity index (χ1) is 11.1. The van der Waals surface area contributed by atoms with Crippen LogP contribution < -0.4 is 15.4 Å². The summed E-state index contributed by atoms with van der Waals surface area (Å²) in [6.45, 7) is 0.250. The highest BCUT2D eigenvalue weighted by atomic mass is 16.5. The summed E-state index contributed by atoms with van der Waals surface area (Å²) in [6, 6.07) is 8.12. The number of benzene rings is 1. The van der Waals surface area contributed by atoms with Crippen molar-refractivity contribution in [3.63, 3.8) is 0 Å². The lowest BCUT2D eigenvalue weighted by Crippen LogP contribution is -2.28. The number of hydrogen-bond donors (Lipinski definition) is 2. The SMILES string of the molecule is COC(=O)c1cc(CNC(=O)Nc2cccnc2)ccc1OC. The maximum Gasteiger partial charge on any atom is 0.341 e. The highest BCUT2D eigenvalue weighted by Crippen LogP contribution is 2.20. The fraction of sp³-hybridized carbons (Fsp3) is 0.188. The molecule has 0 aliphatic rings. The maximum atomic E-state index is 11.8. The number of ether oxygens (including phenoxy) is 2. The molecule has 0 radical (unpaired) electrons. The van der Waals surface area contributed by atoms with E-state index in [9.17, 15) is 9.59 Å². The molecule has 1 aromatic carbocycles. The first kappa shape index (κ1) is 16.3. The second-order valence-corrected chi connectivity index (χ2v) is 4.58. The molecule has 23 heavy (non-hydrogen) atoms. The minimum Gasteiger partial charge on any atom is -0.496 e. The van der Waals surface area contributed by atoms with Crippen molar-refractivity contribution in [2.24, 2.45) is 0 Å². The zero-order valence-corrected chi connectivity index (χ0v) is 12.8. The van der Waals surface area contributed by atoms with Crippen LogP contribution in [0.25, 0.3) is 0 Å². The minimum atomic E-state index is -0.497. The molecule has 1 heterocycles. The summed E-state index contributed by atoms with van der Waals surface area (Å²) in [5, 5.41) is 5.35. The van der Waals surface area contributed by atoms with Gasteiger partial charge in [-0.25, -0.2) is 9.59 Å². The van der Waals surface area contributed by atoms with E-state index in [0.717, 1.165) is 5.56 Å². The first-order valence-electron chi connectivity index (χ1n) is 6.84. The molecule has 0 spiro atoms. The molecular weight excluding hydrogens is 298 g/mol. The Balaban J connectivity index is 2.00. The van der Waals surface area contributed by atoms with Crippen molar-refractivity contribution in [2.45, 2.75) is 6.54 Å². The van der Waals surface area contributed by atoms with E-state index >= 15 is 0 Å². The molecule has 0 unspecified atom stereocenters. The van der Waals surface area contributed by atoms with E-state index in [1.165, 1.54) is 14.2 Å². The average Bonchev–Trinajstić information content (AvgIpc) is 2.60. The summed E-state index contributed by atoms with van der Waals surface area (Å²) in [4.78, 5) is 27.4. The van der Waals surface area contributed by atoms with Gasteiger partial charge in [0.05, 0.1) is 26.1 Å². The van der Waals surface area contributed by atoms with Gasteiger partial charge in [0.1, 0.15) is 11.3 Å². The Kier molecular flexibility index (Phi) is 5.51. The Hall–Kier alpha value is -3.09. The number of aromatic nitrogens is 1. The van der Waals surface area contributed by atoms with Gasteiger partial charge in [-0.15, -0.1) is 0 Å². The Morgan fingerprint density at radius 2 is 2.04 bits per heavy atom. The van der Waals surface area contributed by atoms with Gasteiger partial charge in [-0.3, -0.25) is 4.98 Å². The molecule has 0 aliphatic carbocycles. The highest BCUT2D eigenvalue weighted by molar-refractivity contribution is 5.93. The zero-order valence-electron chi connectivity index (χ0n) is 12.8. The topological polar surface area (TPSA) is 89.5 Å². The van der Waals surface area contributed by atoms with Gasteiger partial charge in [0.25, 0.3) is 0 Å². The second-order valence-electron chi connectivity index (χ2n) is 4.58. The molecule has 0 saturated heterocycles. The summed E-state index contributed by atoms with van der Waals surface area (Å²) < 4.78 is 9.83. The Bertz CT molecular complexity index is 689. The summed E-state index contributed by atoms with van der Waals surface area (Å²) in [5.41, 5.74) is 1.64. The molecule has 7 heteroatoms. The van der Waals surface area contributed by atoms with Gasteiger partial charge in [0.15, 0.2) is 0 Å². The van der Waals surface area contributed by atoms with Crippen LogP contribution in [0.3, 0.4) is 0 Å². The molecular formula is C16H17N3O4. The quantitative estimate of drug-likeness (QED) is 0.826. The molecule has 2 amide bonds. The van der Waals surface area contributed by atoms with Crippen molar-refractivity contribution in [1.82, 2.24) is 10.3 Å². The number of methoxy groups -OCH3 is 2. The lowest BCUT2D eigenvalue weighted by molar-refractivity contribution is 0.0597. The van der Waals surface area contributed by atoms with Gasteiger partial charge in [-0.1, -0.05) is 6.07 Å². The number of nitrogens with one attached hydrogen (secondary N) is 2. The van der Waals surface area contributed by atoms with Gasteiger partial charge >= 0.3 is 12.0 Å². The van der Waals surface area contributed by atoms with Crippen molar-refractivity contribution in [3.05, 3.63) is 53.9 Å². The van der Waals surface area contributed by atoms with E-state index in [2.05, 4.69) is 15.6 Å². The monoisotopic (exact) mass is 315 g/mol. The lowest BCUT2D eigenvalue weighted by atomic mass is 10.1. The molecule has 1 aromatic heterocycles. The normalized spacial score (nSPS) is 9.83. The lowest BCUT2D eigenvalue weighted by Gasteiger charge is -2.10. The van der Waals surface area contributed by atoms with Crippen LogP contribution in [0.4, 0.5) is 10.5 Å². The van der Waals surface area contributed by atoms with E-state index in [1.54, 1.807) is 42.7 Å². The smallest absolute Gasteiger partial charge is 0.341 e. The predicted octanol–water partition coefficient (Wildman–Crippen LogP) is 2.20. The van der Waals surface area contributed by atoms with E-state index in [1.807, 2.05) is 0 Å². The van der Waals surface area contributed by atoms with Crippen molar-refractivity contribution in [1.29, 1.82) is 0 Å². The number of carbonyl (C=O) groups is 2. The number of pyridine rings is 1. The van der Waals surface area contributed by atoms with Crippen molar-refractivity contribution < 1.29 is 19.1 Å². The first-order valence-corrected chi connectivity index (χ1v) is 6.84. The largest absolute Gasteiger partial charge is 0.496 e. The number of urea groups is 1. The number of carbonyl (C=O) groups excluding carboxylic acids is 2. The summed E-state index contributed by atoms with van der Waals surface area (Å²) in [6.07, 6.45) is 3.16. The van der Waals surface area contributed by atoms with Crippen LogP contribution in [0.1, 0.15) is 15.9 Å². The Morgan fingerprint density at radius 3 is 2.70 bits per heavy atom. The van der Waals surface area contributed by atoms with Crippen molar-refractivity contribution in [3.8, 4) is 5.75 Å². The molecule has 0 atom stereocenters. The standard InChI is InChI=1S/C16H17N3O4/c1-22-14-6-5-11(8-13(14)15(20)23-2)9-18-16(21)19-12-4-3-7-17-10-12/h3-8,10H,9H2,1-2H3,(H2,18,19,21). The molecule has 0 fully saturated rings. The maximum absolute atomic E-state index is 11.8. The van der Waals surface area contributed by atoms with Crippen LogP contribution in [0.15, 0.2) is 42.7 Å². The molecule has 0 bridgehead atoms. The fourth-order valence-electron chi connectivity index (χ4n) is 1.93. The summed E-state index contributed by atoms with van der Waals surface area (Å²) >= 11 is 0. The van der Waals surface area contributed by atoms with Crippen molar-refractivity contribution in [2.75, 3.05) is 19.5 Å². The molecule has 7 nitrogen and oxygen atoms in total. The molecule has 120 valence electrons. The van der Waals surface area contributed by atoms with Gasteiger partial charge in [0, 0.05) is 12.7 Å². The number of anilines is 1. The van der Waals surface area contributed by atoms with Gasteiger partial charge < -0.3 is 20.1 Å². The van der Waals surface area contributed by atoms with Gasteiger partial charge in [0.2, 0.25) is 0 Å². The van der Waals surface area contributed by atoms with Crippen LogP contribution >= 0.6 is 0 Å². The highest BCUT2D eigenvalue weighted by Gasteiger charge is 2.13. The number of amides is 2. The van der Waals surface area contributed by atoms with E-state index in [4.69, 9.17) is 9.47 Å². The minimum absolute atomic E-state index is 0.250. The summed E-state index contributed by atoms with van der Waals surface area (Å²) in [7, 11) is 2.77. The number of hydrogen-bond acceptors (Lipinski definition) is 5. The zero-order chi connectivity index (χ0) is 16.7. The van der Waals surface area contributed by atoms with Gasteiger partial charge in [-0.05, 0) is 29.8 Å². The van der Waals surface area contributed by atoms with E-state index < -0.39 is 5.97 Å². The van der Waals surface area contributed by atoms with Gasteiger partial charge in [-0.2, -0.15) is 0 Å². The predicted molar refractivity (Wildman–Crippen MR) is 84.4 cm³/mol. The Morgan fingerprint density at radius 1 is 1.22 bits per heavy atom. The van der Waals surface area contributed by atoms with Crippen LogP contribution in [0, 0.1) is 0 Å². The summed E-state index contributed by atoms with van der Waals surface area (Å²) in [5.74, 6) is -0.0797. The third kappa shape index (κ3) is 4.44. The van der Waals surface area contributed by atoms with E-state index in [-0.39, 0.29) is 12.6 Å². The van der Waals surface area contributed by atoms with E-state index in [0.29, 0.717) is 17.0 Å². The number of esters is 1. The second kappa shape index (κ2) is 7.79. The van der Waals surface area contributed by atoms with Crippen LogP contribution in [0.5, 0.6) is 5.75 Å². The molecule has 2 aromatic rings. The molecule has 2 rings (SSSR count). The Labute approximate surface area is 133 Å². The molecule has 0 saturated carbocycles. The third-order valence-corrected chi connectivity index (χ3v) is 3.04. The van der Waals surface area contributed by atoms with Crippen LogP contribution in [-0.2, 0) is 11.3 Å². The number of nitrogens with zero attached hydrogens (tertiary/aromatic N) is 1. The molecule has 2 N–H and O–H groups in total. The van der Waals surface area contributed by atoms with Crippen molar-refractivity contribution >= 4 is 17.7 Å². The number of rotatable bonds is 5. The third-order valence-electron chi connectivity index (χ3n) is 3.04. The molecule has 0 aliphatic heterocycles. The fourth-order valence-corrected chi connectivity index (χ4v) is 1.93. The van der Waals surface area contributed by atoms with Crippen LogP contribution in [-0.4, -0.2) is 31.2 Å². The van der Waals surface area contributed by atoms with Crippen LogP contribution in [0.2, 0.25) is 0 Å². The average molecular weight is 315 g/mol.